The first kappa shape index (κ1) is 23.0. The Morgan fingerprint density at radius 3 is 2.64 bits per heavy atom. The van der Waals surface area contributed by atoms with Crippen molar-refractivity contribution in [3.05, 3.63) is 48.2 Å². The molecule has 0 saturated heterocycles. The monoisotopic (exact) mass is 490 g/mol. The molecule has 0 spiro atoms. The molecule has 36 heavy (non-hydrogen) atoms. The molecule has 2 aliphatic rings. The Labute approximate surface area is 209 Å². The molecule has 8 heteroatoms. The second-order valence-corrected chi connectivity index (χ2v) is 10.1. The van der Waals surface area contributed by atoms with Crippen molar-refractivity contribution >= 4 is 21.8 Å². The van der Waals surface area contributed by atoms with Gasteiger partial charge in [-0.3, -0.25) is 0 Å². The molecule has 6 rings (SSSR count). The summed E-state index contributed by atoms with van der Waals surface area (Å²) in [7, 11) is 1.60. The molecule has 2 N–H and O–H groups in total. The lowest BCUT2D eigenvalue weighted by molar-refractivity contribution is 0.131. The van der Waals surface area contributed by atoms with Crippen LogP contribution in [0.3, 0.4) is 0 Å². The summed E-state index contributed by atoms with van der Waals surface area (Å²) in [6.45, 7) is 2.53. The van der Waals surface area contributed by atoms with Crippen molar-refractivity contribution < 1.29 is 18.6 Å². The average molecular weight is 491 g/mol. The summed E-state index contributed by atoms with van der Waals surface area (Å²) in [6, 6.07) is 10.1. The van der Waals surface area contributed by atoms with Gasteiger partial charge >= 0.3 is 0 Å². The van der Waals surface area contributed by atoms with E-state index in [0.29, 0.717) is 52.4 Å². The normalized spacial score (nSPS) is 20.1. The van der Waals surface area contributed by atoms with Crippen LogP contribution in [0.4, 0.5) is 4.39 Å². The van der Waals surface area contributed by atoms with Crippen molar-refractivity contribution in [1.29, 1.82) is 0 Å². The minimum absolute atomic E-state index is 0.103. The maximum absolute atomic E-state index is 15.1. The molecule has 0 amide bonds. The highest BCUT2D eigenvalue weighted by Crippen LogP contribution is 2.38. The number of nitrogens with zero attached hydrogens (tertiary/aromatic N) is 2. The number of H-pyrrole nitrogens is 1. The third-order valence-corrected chi connectivity index (χ3v) is 7.46. The Morgan fingerprint density at radius 1 is 1.00 bits per heavy atom. The van der Waals surface area contributed by atoms with E-state index in [-0.39, 0.29) is 11.6 Å². The van der Waals surface area contributed by atoms with Gasteiger partial charge in [0.2, 0.25) is 5.88 Å². The van der Waals surface area contributed by atoms with Crippen LogP contribution in [0.15, 0.2) is 36.7 Å². The van der Waals surface area contributed by atoms with Crippen molar-refractivity contribution in [2.24, 2.45) is 5.92 Å². The van der Waals surface area contributed by atoms with Crippen LogP contribution in [0.25, 0.3) is 21.8 Å². The van der Waals surface area contributed by atoms with Gasteiger partial charge in [-0.1, -0.05) is 12.8 Å². The van der Waals surface area contributed by atoms with Gasteiger partial charge in [-0.25, -0.2) is 14.4 Å². The summed E-state index contributed by atoms with van der Waals surface area (Å²) in [5.74, 6) is 1.67. The van der Waals surface area contributed by atoms with Crippen LogP contribution >= 0.6 is 0 Å². The number of aromatic amines is 1. The van der Waals surface area contributed by atoms with Gasteiger partial charge in [0.15, 0.2) is 23.1 Å². The van der Waals surface area contributed by atoms with Gasteiger partial charge in [-0.05, 0) is 62.8 Å². The standard InChI is InChI=1S/C28H31FN4O3/c1-16-9-20-22(32-16)7-8-24(27(20)29)36-28-21-12-25(34-2)26(13-23(21)30-15-31-28)35-14-17-10-19(11-17)33-18-5-3-4-6-18/h7-9,12-13,15,17-19,32-33H,3-6,10-11,14H2,1-2H3. The number of fused-ring (bicyclic) bond motifs is 2. The number of hydrogen-bond acceptors (Lipinski definition) is 6. The van der Waals surface area contributed by atoms with Gasteiger partial charge < -0.3 is 24.5 Å². The Hall–Kier alpha value is -3.39. The van der Waals surface area contributed by atoms with Crippen molar-refractivity contribution in [3.8, 4) is 23.1 Å². The minimum atomic E-state index is -0.434. The molecule has 2 fully saturated rings. The van der Waals surface area contributed by atoms with Crippen molar-refractivity contribution in [2.75, 3.05) is 13.7 Å². The molecule has 2 saturated carbocycles. The first-order valence-electron chi connectivity index (χ1n) is 12.7. The summed E-state index contributed by atoms with van der Waals surface area (Å²) >= 11 is 0. The van der Waals surface area contributed by atoms with E-state index >= 15 is 4.39 Å². The highest BCUT2D eigenvalue weighted by atomic mass is 19.1. The number of aromatic nitrogens is 3. The quantitative estimate of drug-likeness (QED) is 0.313. The highest BCUT2D eigenvalue weighted by Gasteiger charge is 2.32. The molecule has 0 radical (unpaired) electrons. The van der Waals surface area contributed by atoms with E-state index in [9.17, 15) is 0 Å². The Bertz CT molecular complexity index is 1390. The number of ether oxygens (including phenoxy) is 3. The summed E-state index contributed by atoms with van der Waals surface area (Å²) in [5.41, 5.74) is 2.25. The molecule has 0 aliphatic heterocycles. The first-order valence-corrected chi connectivity index (χ1v) is 12.7. The number of benzene rings is 2. The lowest BCUT2D eigenvalue weighted by Crippen LogP contribution is -2.46. The van der Waals surface area contributed by atoms with Gasteiger partial charge in [0, 0.05) is 34.7 Å². The molecule has 2 aliphatic carbocycles. The Morgan fingerprint density at radius 2 is 1.83 bits per heavy atom. The fourth-order valence-corrected chi connectivity index (χ4v) is 5.51. The maximum atomic E-state index is 15.1. The number of rotatable bonds is 8. The number of nitrogens with one attached hydrogen (secondary N) is 2. The van der Waals surface area contributed by atoms with Crippen LogP contribution in [0, 0.1) is 18.7 Å². The minimum Gasteiger partial charge on any atom is -0.493 e. The fourth-order valence-electron chi connectivity index (χ4n) is 5.51. The van der Waals surface area contributed by atoms with Crippen LogP contribution in [0.1, 0.15) is 44.2 Å². The molecule has 0 bridgehead atoms. The lowest BCUT2D eigenvalue weighted by Gasteiger charge is -2.37. The van der Waals surface area contributed by atoms with Crippen LogP contribution in [-0.4, -0.2) is 40.8 Å². The second-order valence-electron chi connectivity index (χ2n) is 10.1. The third kappa shape index (κ3) is 4.46. The van der Waals surface area contributed by atoms with Crippen LogP contribution in [0.5, 0.6) is 23.1 Å². The van der Waals surface area contributed by atoms with Gasteiger partial charge in [-0.2, -0.15) is 0 Å². The molecule has 2 heterocycles. The molecular formula is C28H31FN4O3. The molecule has 2 aromatic carbocycles. The van der Waals surface area contributed by atoms with Gasteiger partial charge in [-0.15, -0.1) is 0 Å². The lowest BCUT2D eigenvalue weighted by atomic mass is 9.80. The van der Waals surface area contributed by atoms with Crippen molar-refractivity contribution in [2.45, 2.75) is 57.5 Å². The van der Waals surface area contributed by atoms with E-state index in [1.807, 2.05) is 13.0 Å². The predicted octanol–water partition coefficient (Wildman–Crippen LogP) is 6.05. The number of aryl methyl sites for hydroxylation is 1. The molecule has 2 aromatic heterocycles. The highest BCUT2D eigenvalue weighted by molar-refractivity contribution is 5.87. The summed E-state index contributed by atoms with van der Waals surface area (Å²) in [5, 5.41) is 4.89. The van der Waals surface area contributed by atoms with E-state index < -0.39 is 5.82 Å². The van der Waals surface area contributed by atoms with Crippen LogP contribution in [-0.2, 0) is 0 Å². The van der Waals surface area contributed by atoms with Gasteiger partial charge in [0.1, 0.15) is 6.33 Å². The smallest absolute Gasteiger partial charge is 0.230 e. The molecule has 0 atom stereocenters. The van der Waals surface area contributed by atoms with Crippen molar-refractivity contribution in [3.63, 3.8) is 0 Å². The Balaban J connectivity index is 1.17. The zero-order valence-electron chi connectivity index (χ0n) is 20.6. The first-order chi connectivity index (χ1) is 17.6. The number of hydrogen-bond donors (Lipinski definition) is 2. The maximum Gasteiger partial charge on any atom is 0.230 e. The zero-order valence-corrected chi connectivity index (χ0v) is 20.6. The van der Waals surface area contributed by atoms with Gasteiger partial charge in [0.25, 0.3) is 0 Å². The SMILES string of the molecule is COc1cc2c(Oc3ccc4[nH]c(C)cc4c3F)ncnc2cc1OCC1CC(NC2CCCC2)C1. The van der Waals surface area contributed by atoms with E-state index in [1.54, 1.807) is 31.4 Å². The topological polar surface area (TPSA) is 81.3 Å². The largest absolute Gasteiger partial charge is 0.493 e. The Kier molecular flexibility index (Phi) is 6.13. The van der Waals surface area contributed by atoms with E-state index in [2.05, 4.69) is 20.3 Å². The zero-order chi connectivity index (χ0) is 24.6. The molecule has 7 nitrogen and oxygen atoms in total. The van der Waals surface area contributed by atoms with Crippen LogP contribution in [0.2, 0.25) is 0 Å². The molecule has 4 aromatic rings. The predicted molar refractivity (Wildman–Crippen MR) is 137 cm³/mol. The second kappa shape index (κ2) is 9.58. The molecular weight excluding hydrogens is 459 g/mol. The van der Waals surface area contributed by atoms with Gasteiger partial charge in [0.05, 0.1) is 24.6 Å². The average Bonchev–Trinajstić information content (AvgIpc) is 3.51. The van der Waals surface area contributed by atoms with Crippen molar-refractivity contribution in [1.82, 2.24) is 20.3 Å². The fraction of sp³-hybridized carbons (Fsp3) is 0.429. The molecule has 188 valence electrons. The number of halogens is 1. The number of methoxy groups -OCH3 is 1. The summed E-state index contributed by atoms with van der Waals surface area (Å²) < 4.78 is 32.8. The molecule has 0 unspecified atom stereocenters. The van der Waals surface area contributed by atoms with E-state index in [0.717, 1.165) is 24.1 Å². The summed E-state index contributed by atoms with van der Waals surface area (Å²) in [6.07, 6.45) is 9.03. The third-order valence-electron chi connectivity index (χ3n) is 7.46. The van der Waals surface area contributed by atoms with E-state index in [4.69, 9.17) is 14.2 Å². The van der Waals surface area contributed by atoms with Crippen LogP contribution < -0.4 is 19.5 Å². The summed E-state index contributed by atoms with van der Waals surface area (Å²) in [4.78, 5) is 11.8. The van der Waals surface area contributed by atoms with E-state index in [1.165, 1.54) is 32.0 Å².